The molecule has 4 nitrogen and oxygen atoms in total. The number of esters is 1. The highest BCUT2D eigenvalue weighted by atomic mass is 16.6. The van der Waals surface area contributed by atoms with Crippen molar-refractivity contribution in [2.45, 2.75) is 53.1 Å². The predicted molar refractivity (Wildman–Crippen MR) is 90.1 cm³/mol. The van der Waals surface area contributed by atoms with Gasteiger partial charge >= 0.3 is 11.9 Å². The third-order valence-corrected chi connectivity index (χ3v) is 3.54. The zero-order valence-electron chi connectivity index (χ0n) is 14.7. The fourth-order valence-electron chi connectivity index (χ4n) is 2.58. The van der Waals surface area contributed by atoms with E-state index in [9.17, 15) is 14.7 Å². The molecule has 1 aromatic rings. The SMILES string of the molecule is CC(C)C[C@@H](C(=O)O)[C@H](Cc1ccccc1)C(=O)OC(C)(C)C. The first-order valence-electron chi connectivity index (χ1n) is 8.09. The molecular formula is C19H28O4. The summed E-state index contributed by atoms with van der Waals surface area (Å²) < 4.78 is 5.48. The van der Waals surface area contributed by atoms with Crippen LogP contribution in [0.1, 0.15) is 46.6 Å². The summed E-state index contributed by atoms with van der Waals surface area (Å²) in [6, 6.07) is 9.49. The van der Waals surface area contributed by atoms with Gasteiger partial charge in [0.2, 0.25) is 0 Å². The van der Waals surface area contributed by atoms with Gasteiger partial charge in [0.15, 0.2) is 0 Å². The third-order valence-electron chi connectivity index (χ3n) is 3.54. The summed E-state index contributed by atoms with van der Waals surface area (Å²) in [6.45, 7) is 9.31. The van der Waals surface area contributed by atoms with Crippen LogP contribution in [0.25, 0.3) is 0 Å². The van der Waals surface area contributed by atoms with Gasteiger partial charge in [0.05, 0.1) is 11.8 Å². The number of ether oxygens (including phenoxy) is 1. The fourth-order valence-corrected chi connectivity index (χ4v) is 2.58. The van der Waals surface area contributed by atoms with Crippen molar-refractivity contribution in [1.82, 2.24) is 0 Å². The van der Waals surface area contributed by atoms with E-state index in [0.29, 0.717) is 12.8 Å². The van der Waals surface area contributed by atoms with Gasteiger partial charge < -0.3 is 9.84 Å². The summed E-state index contributed by atoms with van der Waals surface area (Å²) in [7, 11) is 0. The van der Waals surface area contributed by atoms with Crippen LogP contribution in [0.15, 0.2) is 30.3 Å². The minimum atomic E-state index is -0.939. The average Bonchev–Trinajstić information content (AvgIpc) is 2.41. The van der Waals surface area contributed by atoms with Gasteiger partial charge in [0, 0.05) is 0 Å². The molecule has 0 aliphatic heterocycles. The van der Waals surface area contributed by atoms with Crippen molar-refractivity contribution in [3.05, 3.63) is 35.9 Å². The summed E-state index contributed by atoms with van der Waals surface area (Å²) >= 11 is 0. The quantitative estimate of drug-likeness (QED) is 0.773. The normalized spacial score (nSPS) is 14.3. The van der Waals surface area contributed by atoms with E-state index in [1.54, 1.807) is 20.8 Å². The molecule has 1 rings (SSSR count). The molecule has 0 aliphatic carbocycles. The monoisotopic (exact) mass is 320 g/mol. The van der Waals surface area contributed by atoms with Crippen molar-refractivity contribution < 1.29 is 19.4 Å². The second-order valence-corrected chi connectivity index (χ2v) is 7.40. The second kappa shape index (κ2) is 8.14. The summed E-state index contributed by atoms with van der Waals surface area (Å²) in [5.74, 6) is -2.61. The van der Waals surface area contributed by atoms with E-state index in [-0.39, 0.29) is 5.92 Å². The summed E-state index contributed by atoms with van der Waals surface area (Å²) in [5, 5.41) is 9.61. The Bertz CT molecular complexity index is 514. The minimum absolute atomic E-state index is 0.191. The van der Waals surface area contributed by atoms with Crippen LogP contribution < -0.4 is 0 Å². The molecule has 23 heavy (non-hydrogen) atoms. The summed E-state index contributed by atoms with van der Waals surface area (Å²) in [4.78, 5) is 24.3. The largest absolute Gasteiger partial charge is 0.481 e. The first-order valence-corrected chi connectivity index (χ1v) is 8.09. The van der Waals surface area contributed by atoms with E-state index < -0.39 is 29.4 Å². The van der Waals surface area contributed by atoms with Gasteiger partial charge in [-0.15, -0.1) is 0 Å². The molecule has 0 saturated heterocycles. The molecule has 0 spiro atoms. The topological polar surface area (TPSA) is 63.6 Å². The molecule has 4 heteroatoms. The number of carbonyl (C=O) groups excluding carboxylic acids is 1. The summed E-state index contributed by atoms with van der Waals surface area (Å²) in [5.41, 5.74) is 0.311. The number of aliphatic carboxylic acids is 1. The number of carbonyl (C=O) groups is 2. The first-order chi connectivity index (χ1) is 10.6. The Morgan fingerprint density at radius 2 is 1.65 bits per heavy atom. The molecule has 0 aromatic heterocycles. The lowest BCUT2D eigenvalue weighted by atomic mass is 9.81. The lowest BCUT2D eigenvalue weighted by molar-refractivity contribution is -0.167. The van der Waals surface area contributed by atoms with E-state index in [1.165, 1.54) is 0 Å². The maximum atomic E-state index is 12.6. The van der Waals surface area contributed by atoms with Crippen LogP contribution in [0.5, 0.6) is 0 Å². The highest BCUT2D eigenvalue weighted by Gasteiger charge is 2.37. The lowest BCUT2D eigenvalue weighted by Gasteiger charge is -2.28. The van der Waals surface area contributed by atoms with Gasteiger partial charge in [0.1, 0.15) is 5.60 Å². The highest BCUT2D eigenvalue weighted by molar-refractivity contribution is 5.81. The molecule has 0 amide bonds. The molecule has 0 fully saturated rings. The van der Waals surface area contributed by atoms with E-state index >= 15 is 0 Å². The van der Waals surface area contributed by atoms with Gasteiger partial charge in [-0.25, -0.2) is 0 Å². The Morgan fingerprint density at radius 3 is 2.09 bits per heavy atom. The molecule has 128 valence electrons. The molecule has 0 bridgehead atoms. The predicted octanol–water partition coefficient (Wildman–Crippen LogP) is 3.93. The van der Waals surface area contributed by atoms with Gasteiger partial charge in [-0.05, 0) is 45.1 Å². The van der Waals surface area contributed by atoms with Gasteiger partial charge in [0.25, 0.3) is 0 Å². The van der Waals surface area contributed by atoms with E-state index in [2.05, 4.69) is 0 Å². The standard InChI is InChI=1S/C19H28O4/c1-13(2)11-15(17(20)21)16(18(22)23-19(3,4)5)12-14-9-7-6-8-10-14/h6-10,13,15-16H,11-12H2,1-5H3,(H,20,21)/t15-,16+/m1/s1. The lowest BCUT2D eigenvalue weighted by Crippen LogP contribution is -2.37. The average molecular weight is 320 g/mol. The molecule has 1 N–H and O–H groups in total. The molecule has 0 saturated carbocycles. The van der Waals surface area contributed by atoms with Crippen molar-refractivity contribution in [2.75, 3.05) is 0 Å². The molecule has 2 atom stereocenters. The Kier molecular flexibility index (Phi) is 6.79. The molecule has 0 heterocycles. The molecule has 0 radical (unpaired) electrons. The van der Waals surface area contributed by atoms with Crippen LogP contribution in [0.4, 0.5) is 0 Å². The van der Waals surface area contributed by atoms with E-state index in [0.717, 1.165) is 5.56 Å². The molecule has 1 aromatic carbocycles. The Labute approximate surface area is 138 Å². The van der Waals surface area contributed by atoms with Gasteiger partial charge in [-0.3, -0.25) is 9.59 Å². The number of hydrogen-bond donors (Lipinski definition) is 1. The zero-order chi connectivity index (χ0) is 17.6. The first kappa shape index (κ1) is 19.2. The van der Waals surface area contributed by atoms with Crippen LogP contribution in [-0.4, -0.2) is 22.6 Å². The van der Waals surface area contributed by atoms with Gasteiger partial charge in [-0.2, -0.15) is 0 Å². The van der Waals surface area contributed by atoms with Crippen molar-refractivity contribution in [3.63, 3.8) is 0 Å². The number of hydrogen-bond acceptors (Lipinski definition) is 3. The second-order valence-electron chi connectivity index (χ2n) is 7.40. The van der Waals surface area contributed by atoms with E-state index in [4.69, 9.17) is 4.74 Å². The van der Waals surface area contributed by atoms with Crippen LogP contribution in [-0.2, 0) is 20.7 Å². The Hall–Kier alpha value is -1.84. The smallest absolute Gasteiger partial charge is 0.310 e. The maximum Gasteiger partial charge on any atom is 0.310 e. The Balaban J connectivity index is 3.07. The van der Waals surface area contributed by atoms with Crippen molar-refractivity contribution in [2.24, 2.45) is 17.8 Å². The van der Waals surface area contributed by atoms with Crippen LogP contribution in [0.2, 0.25) is 0 Å². The molecular weight excluding hydrogens is 292 g/mol. The summed E-state index contributed by atoms with van der Waals surface area (Å²) in [6.07, 6.45) is 0.825. The Morgan fingerprint density at radius 1 is 1.09 bits per heavy atom. The van der Waals surface area contributed by atoms with Crippen LogP contribution in [0.3, 0.4) is 0 Å². The van der Waals surface area contributed by atoms with Crippen LogP contribution in [0, 0.1) is 17.8 Å². The van der Waals surface area contributed by atoms with Crippen molar-refractivity contribution >= 4 is 11.9 Å². The number of benzene rings is 1. The molecule has 0 aliphatic rings. The van der Waals surface area contributed by atoms with Crippen molar-refractivity contribution in [3.8, 4) is 0 Å². The molecule has 0 unspecified atom stereocenters. The minimum Gasteiger partial charge on any atom is -0.481 e. The fraction of sp³-hybridized carbons (Fsp3) is 0.579. The van der Waals surface area contributed by atoms with Crippen molar-refractivity contribution in [1.29, 1.82) is 0 Å². The van der Waals surface area contributed by atoms with E-state index in [1.807, 2.05) is 44.2 Å². The van der Waals surface area contributed by atoms with Crippen LogP contribution >= 0.6 is 0 Å². The number of carboxylic acid groups (broad SMARTS) is 1. The van der Waals surface area contributed by atoms with Gasteiger partial charge in [-0.1, -0.05) is 44.2 Å². The number of carboxylic acids is 1. The highest BCUT2D eigenvalue weighted by Crippen LogP contribution is 2.27. The maximum absolute atomic E-state index is 12.6. The third kappa shape index (κ3) is 6.85. The number of rotatable bonds is 7. The zero-order valence-corrected chi connectivity index (χ0v) is 14.7.